The molecule has 2 rings (SSSR count). The van der Waals surface area contributed by atoms with Gasteiger partial charge >= 0.3 is 0 Å². The topological polar surface area (TPSA) is 0 Å². The first-order valence-corrected chi connectivity index (χ1v) is 5.72. The van der Waals surface area contributed by atoms with Crippen molar-refractivity contribution in [2.75, 3.05) is 0 Å². The molecule has 2 atom stereocenters. The van der Waals surface area contributed by atoms with Crippen molar-refractivity contribution >= 4 is 23.2 Å². The summed E-state index contributed by atoms with van der Waals surface area (Å²) >= 11 is 12.4. The van der Waals surface area contributed by atoms with Gasteiger partial charge in [-0.1, -0.05) is 0 Å². The van der Waals surface area contributed by atoms with Crippen LogP contribution in [0.15, 0.2) is 0 Å². The van der Waals surface area contributed by atoms with Crippen LogP contribution in [0.25, 0.3) is 0 Å². The summed E-state index contributed by atoms with van der Waals surface area (Å²) < 4.78 is 0. The molecule has 0 saturated heterocycles. The van der Waals surface area contributed by atoms with Gasteiger partial charge in [0.15, 0.2) is 0 Å². The molecule has 0 heterocycles. The Balaban J connectivity index is 2.76. The molecule has 0 aromatic heterocycles. The first-order chi connectivity index (χ1) is 6.46. The summed E-state index contributed by atoms with van der Waals surface area (Å²) in [5, 5.41) is 0.00864. The van der Waals surface area contributed by atoms with Crippen LogP contribution < -0.4 is 0 Å². The Kier molecular flexibility index (Phi) is 2.32. The SMILES string of the molecule is Cc1c(C)c(C)c2c(c1C)[C@@H](Cl)[C@H]2Cl. The van der Waals surface area contributed by atoms with Gasteiger partial charge in [0, 0.05) is 0 Å². The molecule has 0 amide bonds. The summed E-state index contributed by atoms with van der Waals surface area (Å²) in [6, 6.07) is 0. The van der Waals surface area contributed by atoms with Gasteiger partial charge in [-0.25, -0.2) is 0 Å². The van der Waals surface area contributed by atoms with Crippen LogP contribution in [0.1, 0.15) is 44.1 Å². The van der Waals surface area contributed by atoms with Gasteiger partial charge < -0.3 is 0 Å². The number of rotatable bonds is 0. The van der Waals surface area contributed by atoms with Crippen LogP contribution in [0.4, 0.5) is 0 Å². The van der Waals surface area contributed by atoms with Crippen LogP contribution in [0.3, 0.4) is 0 Å². The Morgan fingerprint density at radius 3 is 1.21 bits per heavy atom. The quantitative estimate of drug-likeness (QED) is 0.575. The predicted octanol–water partition coefficient (Wildman–Crippen LogP) is 4.49. The summed E-state index contributed by atoms with van der Waals surface area (Å²) in [5.74, 6) is 0. The number of hydrogen-bond donors (Lipinski definition) is 0. The molecule has 1 aromatic carbocycles. The van der Waals surface area contributed by atoms with E-state index in [4.69, 9.17) is 23.2 Å². The molecule has 0 N–H and O–H groups in total. The van der Waals surface area contributed by atoms with E-state index in [1.807, 2.05) is 0 Å². The van der Waals surface area contributed by atoms with Crippen molar-refractivity contribution in [2.45, 2.75) is 38.4 Å². The fourth-order valence-electron chi connectivity index (χ4n) is 2.28. The highest BCUT2D eigenvalue weighted by atomic mass is 35.5. The number of fused-ring (bicyclic) bond motifs is 1. The molecule has 0 bridgehead atoms. The van der Waals surface area contributed by atoms with Crippen molar-refractivity contribution in [1.82, 2.24) is 0 Å². The molecule has 0 unspecified atom stereocenters. The Morgan fingerprint density at radius 2 is 0.929 bits per heavy atom. The minimum absolute atomic E-state index is 0.00432. The number of hydrogen-bond acceptors (Lipinski definition) is 0. The second kappa shape index (κ2) is 3.15. The lowest BCUT2D eigenvalue weighted by atomic mass is 9.77. The van der Waals surface area contributed by atoms with E-state index in [2.05, 4.69) is 27.7 Å². The van der Waals surface area contributed by atoms with Crippen molar-refractivity contribution in [3.63, 3.8) is 0 Å². The molecule has 1 aromatic rings. The maximum atomic E-state index is 6.20. The number of halogens is 2. The minimum Gasteiger partial charge on any atom is -0.116 e. The van der Waals surface area contributed by atoms with Crippen molar-refractivity contribution in [2.24, 2.45) is 0 Å². The van der Waals surface area contributed by atoms with E-state index in [9.17, 15) is 0 Å². The molecule has 0 aliphatic heterocycles. The van der Waals surface area contributed by atoms with Crippen LogP contribution in [0, 0.1) is 27.7 Å². The van der Waals surface area contributed by atoms with Gasteiger partial charge in [-0.15, -0.1) is 23.2 Å². The third-order valence-corrected chi connectivity index (χ3v) is 4.66. The highest BCUT2D eigenvalue weighted by Crippen LogP contribution is 2.55. The lowest BCUT2D eigenvalue weighted by Gasteiger charge is -2.36. The Labute approximate surface area is 95.2 Å². The Morgan fingerprint density at radius 1 is 0.643 bits per heavy atom. The fraction of sp³-hybridized carbons (Fsp3) is 0.500. The zero-order valence-electron chi connectivity index (χ0n) is 8.91. The highest BCUT2D eigenvalue weighted by molar-refractivity contribution is 6.32. The second-order valence-corrected chi connectivity index (χ2v) is 5.07. The third kappa shape index (κ3) is 1.07. The largest absolute Gasteiger partial charge is 0.116 e. The van der Waals surface area contributed by atoms with Crippen LogP contribution >= 0.6 is 23.2 Å². The maximum Gasteiger partial charge on any atom is 0.0796 e. The normalized spacial score (nSPS) is 24.4. The molecule has 0 nitrogen and oxygen atoms in total. The van der Waals surface area contributed by atoms with E-state index in [1.54, 1.807) is 0 Å². The van der Waals surface area contributed by atoms with Crippen molar-refractivity contribution in [3.8, 4) is 0 Å². The molecule has 1 aliphatic rings. The van der Waals surface area contributed by atoms with Gasteiger partial charge in [-0.05, 0) is 61.1 Å². The second-order valence-electron chi connectivity index (χ2n) is 4.13. The van der Waals surface area contributed by atoms with Crippen LogP contribution in [0.5, 0.6) is 0 Å². The first kappa shape index (κ1) is 10.3. The van der Waals surface area contributed by atoms with Crippen molar-refractivity contribution in [3.05, 3.63) is 33.4 Å². The monoisotopic (exact) mass is 228 g/mol. The van der Waals surface area contributed by atoms with E-state index in [-0.39, 0.29) is 10.8 Å². The number of benzene rings is 1. The van der Waals surface area contributed by atoms with Crippen LogP contribution in [-0.2, 0) is 0 Å². The van der Waals surface area contributed by atoms with E-state index < -0.39 is 0 Å². The molecule has 0 spiro atoms. The van der Waals surface area contributed by atoms with Crippen molar-refractivity contribution in [1.29, 1.82) is 0 Å². The Bertz CT molecular complexity index is 369. The third-order valence-electron chi connectivity index (χ3n) is 3.59. The summed E-state index contributed by atoms with van der Waals surface area (Å²) in [4.78, 5) is 0. The van der Waals surface area contributed by atoms with Crippen molar-refractivity contribution < 1.29 is 0 Å². The average Bonchev–Trinajstić information content (AvgIpc) is 2.18. The van der Waals surface area contributed by atoms with Gasteiger partial charge in [0.25, 0.3) is 0 Å². The lowest BCUT2D eigenvalue weighted by molar-refractivity contribution is 0.745. The smallest absolute Gasteiger partial charge is 0.0796 e. The van der Waals surface area contributed by atoms with E-state index in [0.29, 0.717) is 0 Å². The van der Waals surface area contributed by atoms with Gasteiger partial charge in [-0.3, -0.25) is 0 Å². The molecular formula is C12H14Cl2. The van der Waals surface area contributed by atoms with E-state index in [1.165, 1.54) is 33.4 Å². The zero-order valence-corrected chi connectivity index (χ0v) is 10.4. The highest BCUT2D eigenvalue weighted by Gasteiger charge is 2.38. The summed E-state index contributed by atoms with van der Waals surface area (Å²) in [6.07, 6.45) is 0. The first-order valence-electron chi connectivity index (χ1n) is 4.85. The molecular weight excluding hydrogens is 215 g/mol. The Hall–Kier alpha value is -0.200. The fourth-order valence-corrected chi connectivity index (χ4v) is 3.09. The molecule has 14 heavy (non-hydrogen) atoms. The van der Waals surface area contributed by atoms with Gasteiger partial charge in [-0.2, -0.15) is 0 Å². The summed E-state index contributed by atoms with van der Waals surface area (Å²) in [7, 11) is 0. The summed E-state index contributed by atoms with van der Waals surface area (Å²) in [5.41, 5.74) is 7.89. The molecule has 1 aliphatic carbocycles. The van der Waals surface area contributed by atoms with Crippen LogP contribution in [-0.4, -0.2) is 0 Å². The molecule has 2 heteroatoms. The molecule has 76 valence electrons. The molecule has 0 fully saturated rings. The zero-order chi connectivity index (χ0) is 10.6. The van der Waals surface area contributed by atoms with E-state index in [0.717, 1.165) is 0 Å². The minimum atomic E-state index is 0.00432. The maximum absolute atomic E-state index is 6.20. The van der Waals surface area contributed by atoms with E-state index >= 15 is 0 Å². The van der Waals surface area contributed by atoms with Gasteiger partial charge in [0.05, 0.1) is 10.8 Å². The summed E-state index contributed by atoms with van der Waals surface area (Å²) in [6.45, 7) is 8.59. The van der Waals surface area contributed by atoms with Gasteiger partial charge in [0.1, 0.15) is 0 Å². The average molecular weight is 229 g/mol. The number of alkyl halides is 2. The molecule has 0 radical (unpaired) electrons. The van der Waals surface area contributed by atoms with Gasteiger partial charge in [0.2, 0.25) is 0 Å². The predicted molar refractivity (Wildman–Crippen MR) is 62.6 cm³/mol. The standard InChI is InChI=1S/C12H14Cl2/c1-5-6(2)8(4)10-9(7(5)3)11(13)12(10)14/h11-12H,1-4H3/t11-,12+. The molecule has 0 saturated carbocycles. The van der Waals surface area contributed by atoms with Crippen LogP contribution in [0.2, 0.25) is 0 Å². The lowest BCUT2D eigenvalue weighted by Crippen LogP contribution is -2.21.